The molecule has 1 aliphatic rings. The molecule has 1 atom stereocenters. The first-order chi connectivity index (χ1) is 8.61. The van der Waals surface area contributed by atoms with Gasteiger partial charge in [0.1, 0.15) is 5.75 Å². The van der Waals surface area contributed by atoms with E-state index in [0.717, 1.165) is 12.8 Å². The van der Waals surface area contributed by atoms with E-state index in [0.29, 0.717) is 23.2 Å². The van der Waals surface area contributed by atoms with Crippen LogP contribution in [0.15, 0.2) is 29.2 Å². The third-order valence-corrected chi connectivity index (χ3v) is 4.31. The highest BCUT2D eigenvalue weighted by molar-refractivity contribution is 7.85. The number of carbonyl (C=O) groups excluding carboxylic acids is 1. The number of nitrogens with zero attached hydrogens (tertiary/aromatic N) is 1. The van der Waals surface area contributed by atoms with Gasteiger partial charge in [0.2, 0.25) is 5.91 Å². The van der Waals surface area contributed by atoms with Crippen LogP contribution in [0.2, 0.25) is 0 Å². The minimum Gasteiger partial charge on any atom is -0.399 e. The number of carbonyl (C=O) groups is 1. The molecule has 4 nitrogen and oxygen atoms in total. The lowest BCUT2D eigenvalue weighted by molar-refractivity contribution is -0.128. The predicted molar refractivity (Wildman–Crippen MR) is 72.5 cm³/mol. The summed E-state index contributed by atoms with van der Waals surface area (Å²) >= 11 is 0. The van der Waals surface area contributed by atoms with Crippen LogP contribution in [0.25, 0.3) is 0 Å². The molecule has 1 aromatic rings. The van der Waals surface area contributed by atoms with Gasteiger partial charge in [-0.1, -0.05) is 6.07 Å². The second-order valence-electron chi connectivity index (χ2n) is 4.47. The van der Waals surface area contributed by atoms with E-state index >= 15 is 0 Å². The first-order valence-electron chi connectivity index (χ1n) is 6.15. The maximum atomic E-state index is 12.1. The molecule has 1 amide bonds. The largest absolute Gasteiger partial charge is 0.399 e. The van der Waals surface area contributed by atoms with E-state index in [9.17, 15) is 9.00 Å². The summed E-state index contributed by atoms with van der Waals surface area (Å²) in [7, 11) is -1.31. The minimum atomic E-state index is -1.31. The summed E-state index contributed by atoms with van der Waals surface area (Å²) in [5, 5.41) is 0. The molecule has 1 fully saturated rings. The smallest absolute Gasteiger partial charge is 0.235 e. The van der Waals surface area contributed by atoms with E-state index in [2.05, 4.69) is 0 Å². The molecule has 1 saturated carbocycles. The Hall–Kier alpha value is -1.36. The topological polar surface area (TPSA) is 63.4 Å². The fraction of sp³-hybridized carbons (Fsp3) is 0.462. The lowest BCUT2D eigenvalue weighted by atomic mass is 10.3. The Labute approximate surface area is 110 Å². The van der Waals surface area contributed by atoms with Gasteiger partial charge in [0.25, 0.3) is 0 Å². The number of nitrogen functional groups attached to an aromatic ring is 1. The number of amides is 1. The first kappa shape index (κ1) is 13.1. The molecule has 1 aromatic carbocycles. The summed E-state index contributed by atoms with van der Waals surface area (Å²) in [6, 6.07) is 7.28. The number of rotatable bonds is 5. The van der Waals surface area contributed by atoms with Gasteiger partial charge in [0.05, 0.1) is 10.8 Å². The number of anilines is 1. The van der Waals surface area contributed by atoms with Crippen LogP contribution in [0.1, 0.15) is 19.8 Å². The van der Waals surface area contributed by atoms with Crippen molar-refractivity contribution in [2.45, 2.75) is 30.7 Å². The Bertz CT molecular complexity index is 472. The van der Waals surface area contributed by atoms with Crippen LogP contribution < -0.4 is 5.73 Å². The van der Waals surface area contributed by atoms with Gasteiger partial charge in [-0.3, -0.25) is 9.00 Å². The molecule has 0 spiro atoms. The van der Waals surface area contributed by atoms with Crippen molar-refractivity contribution in [3.63, 3.8) is 0 Å². The normalized spacial score (nSPS) is 16.3. The summed E-state index contributed by atoms with van der Waals surface area (Å²) in [6.45, 7) is 2.65. The zero-order chi connectivity index (χ0) is 13.1. The monoisotopic (exact) mass is 266 g/mol. The SMILES string of the molecule is CCN(C(=O)CS(=O)c1cccc(N)c1)C1CC1. The third kappa shape index (κ3) is 3.10. The average molecular weight is 266 g/mol. The lowest BCUT2D eigenvalue weighted by Gasteiger charge is -2.19. The van der Waals surface area contributed by atoms with Gasteiger partial charge in [0.15, 0.2) is 0 Å². The van der Waals surface area contributed by atoms with Gasteiger partial charge < -0.3 is 10.6 Å². The van der Waals surface area contributed by atoms with Crippen LogP contribution in [0.5, 0.6) is 0 Å². The van der Waals surface area contributed by atoms with Crippen molar-refractivity contribution < 1.29 is 9.00 Å². The van der Waals surface area contributed by atoms with Crippen molar-refractivity contribution in [1.29, 1.82) is 0 Å². The van der Waals surface area contributed by atoms with Crippen LogP contribution in [0, 0.1) is 0 Å². The number of hydrogen-bond acceptors (Lipinski definition) is 3. The van der Waals surface area contributed by atoms with Crippen molar-refractivity contribution in [3.8, 4) is 0 Å². The Morgan fingerprint density at radius 3 is 2.78 bits per heavy atom. The third-order valence-electron chi connectivity index (χ3n) is 3.02. The molecule has 2 N–H and O–H groups in total. The Morgan fingerprint density at radius 1 is 1.50 bits per heavy atom. The Balaban J connectivity index is 2.00. The lowest BCUT2D eigenvalue weighted by Crippen LogP contribution is -2.36. The van der Waals surface area contributed by atoms with Gasteiger partial charge in [-0.25, -0.2) is 0 Å². The van der Waals surface area contributed by atoms with Crippen molar-refractivity contribution in [1.82, 2.24) is 4.90 Å². The molecule has 0 aliphatic heterocycles. The molecule has 0 aromatic heterocycles. The Kier molecular flexibility index (Phi) is 4.01. The number of hydrogen-bond donors (Lipinski definition) is 1. The van der Waals surface area contributed by atoms with E-state index in [1.807, 2.05) is 11.8 Å². The molecular weight excluding hydrogens is 248 g/mol. The fourth-order valence-electron chi connectivity index (χ4n) is 1.96. The molecule has 0 heterocycles. The fourth-order valence-corrected chi connectivity index (χ4v) is 3.01. The first-order valence-corrected chi connectivity index (χ1v) is 7.47. The second-order valence-corrected chi connectivity index (χ2v) is 5.92. The molecule has 0 bridgehead atoms. The van der Waals surface area contributed by atoms with Crippen molar-refractivity contribution in [2.75, 3.05) is 18.0 Å². The zero-order valence-electron chi connectivity index (χ0n) is 10.5. The quantitative estimate of drug-likeness (QED) is 0.819. The molecule has 0 saturated heterocycles. The van der Waals surface area contributed by atoms with Crippen LogP contribution in [0.3, 0.4) is 0 Å². The molecule has 98 valence electrons. The predicted octanol–water partition coefficient (Wildman–Crippen LogP) is 1.39. The molecule has 2 rings (SSSR count). The molecule has 5 heteroatoms. The van der Waals surface area contributed by atoms with E-state index in [1.54, 1.807) is 24.3 Å². The summed E-state index contributed by atoms with van der Waals surface area (Å²) in [5.74, 6) is 0.0223. The minimum absolute atomic E-state index is 0.0271. The van der Waals surface area contributed by atoms with Gasteiger partial charge in [0, 0.05) is 23.2 Å². The van der Waals surface area contributed by atoms with Crippen molar-refractivity contribution in [2.24, 2.45) is 0 Å². The summed E-state index contributed by atoms with van der Waals surface area (Å²) in [5.41, 5.74) is 6.21. The van der Waals surface area contributed by atoms with E-state index < -0.39 is 10.8 Å². The average Bonchev–Trinajstić information content (AvgIpc) is 3.14. The second kappa shape index (κ2) is 5.52. The van der Waals surface area contributed by atoms with E-state index in [1.165, 1.54) is 0 Å². The molecular formula is C13H18N2O2S. The highest BCUT2D eigenvalue weighted by atomic mass is 32.2. The van der Waals surface area contributed by atoms with Crippen LogP contribution in [-0.2, 0) is 15.6 Å². The van der Waals surface area contributed by atoms with E-state index in [4.69, 9.17) is 5.73 Å². The standard InChI is InChI=1S/C13H18N2O2S/c1-2-15(11-6-7-11)13(16)9-18(17)12-5-3-4-10(14)8-12/h3-5,8,11H,2,6-7,9,14H2,1H3. The maximum Gasteiger partial charge on any atom is 0.235 e. The van der Waals surface area contributed by atoms with E-state index in [-0.39, 0.29) is 11.7 Å². The highest BCUT2D eigenvalue weighted by Gasteiger charge is 2.31. The molecule has 1 aliphatic carbocycles. The molecule has 0 radical (unpaired) electrons. The van der Waals surface area contributed by atoms with Gasteiger partial charge in [-0.2, -0.15) is 0 Å². The molecule has 18 heavy (non-hydrogen) atoms. The number of benzene rings is 1. The van der Waals surface area contributed by atoms with Crippen molar-refractivity contribution >= 4 is 22.4 Å². The summed E-state index contributed by atoms with van der Waals surface area (Å²) in [4.78, 5) is 14.5. The summed E-state index contributed by atoms with van der Waals surface area (Å²) in [6.07, 6.45) is 2.15. The maximum absolute atomic E-state index is 12.1. The number of nitrogens with two attached hydrogens (primary N) is 1. The molecule has 1 unspecified atom stereocenters. The zero-order valence-corrected chi connectivity index (χ0v) is 11.3. The summed E-state index contributed by atoms with van der Waals surface area (Å²) < 4.78 is 12.1. The Morgan fingerprint density at radius 2 is 2.22 bits per heavy atom. The van der Waals surface area contributed by atoms with Gasteiger partial charge in [-0.15, -0.1) is 0 Å². The van der Waals surface area contributed by atoms with Crippen LogP contribution in [-0.4, -0.2) is 33.4 Å². The van der Waals surface area contributed by atoms with Crippen LogP contribution in [0.4, 0.5) is 5.69 Å². The highest BCUT2D eigenvalue weighted by Crippen LogP contribution is 2.26. The van der Waals surface area contributed by atoms with Crippen LogP contribution >= 0.6 is 0 Å². The van der Waals surface area contributed by atoms with Gasteiger partial charge in [-0.05, 0) is 38.0 Å². The van der Waals surface area contributed by atoms with Crippen molar-refractivity contribution in [3.05, 3.63) is 24.3 Å². The van der Waals surface area contributed by atoms with Gasteiger partial charge >= 0.3 is 0 Å².